The molecule has 1 atom stereocenters. The molecule has 1 aromatic rings. The Labute approximate surface area is 138 Å². The van der Waals surface area contributed by atoms with Gasteiger partial charge in [0.25, 0.3) is 0 Å². The predicted molar refractivity (Wildman–Crippen MR) is 95.4 cm³/mol. The third-order valence-corrected chi connectivity index (χ3v) is 4.15. The second-order valence-corrected chi connectivity index (χ2v) is 6.84. The third kappa shape index (κ3) is 6.72. The van der Waals surface area contributed by atoms with Crippen molar-refractivity contribution in [2.45, 2.75) is 38.6 Å². The molecule has 0 aliphatic carbocycles. The van der Waals surface area contributed by atoms with Crippen molar-refractivity contribution in [1.29, 1.82) is 0 Å². The minimum Gasteiger partial charge on any atom is -0.354 e. The van der Waals surface area contributed by atoms with Crippen molar-refractivity contribution in [2.75, 3.05) is 18.6 Å². The Morgan fingerprint density at radius 1 is 1.33 bits per heavy atom. The number of aryl methyl sites for hydroxylation is 1. The van der Waals surface area contributed by atoms with E-state index in [4.69, 9.17) is 5.73 Å². The zero-order chi connectivity index (χ0) is 15.2. The number of nitrogens with two attached hydrogens (primary N) is 1. The molecule has 1 aromatic carbocycles. The Hall–Kier alpha value is -0.710. The molecule has 1 rings (SSSR count). The zero-order valence-corrected chi connectivity index (χ0v) is 14.9. The molecule has 3 N–H and O–H groups in total. The highest BCUT2D eigenvalue weighted by Gasteiger charge is 2.22. The van der Waals surface area contributed by atoms with Crippen LogP contribution in [0.5, 0.6) is 0 Å². The molecule has 0 spiro atoms. The lowest BCUT2D eigenvalue weighted by molar-refractivity contribution is -0.122. The van der Waals surface area contributed by atoms with Crippen LogP contribution in [-0.2, 0) is 10.2 Å². The minimum absolute atomic E-state index is 0. The van der Waals surface area contributed by atoms with Gasteiger partial charge in [-0.05, 0) is 30.9 Å². The lowest BCUT2D eigenvalue weighted by atomic mass is 9.84. The Bertz CT molecular complexity index is 434. The Morgan fingerprint density at radius 3 is 2.43 bits per heavy atom. The summed E-state index contributed by atoms with van der Waals surface area (Å²) < 4.78 is 0. The summed E-state index contributed by atoms with van der Waals surface area (Å²) in [7, 11) is 0. The number of benzene rings is 1. The summed E-state index contributed by atoms with van der Waals surface area (Å²) in [6, 6.07) is 8.03. The maximum atomic E-state index is 11.9. The van der Waals surface area contributed by atoms with E-state index in [0.717, 1.165) is 12.2 Å². The Balaban J connectivity index is 0.00000400. The van der Waals surface area contributed by atoms with E-state index >= 15 is 0 Å². The van der Waals surface area contributed by atoms with Crippen LogP contribution in [0.4, 0.5) is 0 Å². The maximum absolute atomic E-state index is 11.9. The molecule has 0 aliphatic rings. The first-order chi connectivity index (χ1) is 9.36. The standard InChI is InChI=1S/C16H26N2OS.ClH/c1-12-5-7-13(8-6-12)16(2,3)11-18-15(19)14(17)9-10-20-4;/h5-8,14H,9-11,17H2,1-4H3,(H,18,19);1H/t14-;/m0./s1. The van der Waals surface area contributed by atoms with Crippen molar-refractivity contribution in [3.05, 3.63) is 35.4 Å². The van der Waals surface area contributed by atoms with Gasteiger partial charge in [0.1, 0.15) is 0 Å². The van der Waals surface area contributed by atoms with E-state index in [2.05, 4.69) is 50.4 Å². The van der Waals surface area contributed by atoms with Gasteiger partial charge in [-0.25, -0.2) is 0 Å². The van der Waals surface area contributed by atoms with Crippen molar-refractivity contribution in [3.63, 3.8) is 0 Å². The van der Waals surface area contributed by atoms with Crippen molar-refractivity contribution in [1.82, 2.24) is 5.32 Å². The van der Waals surface area contributed by atoms with E-state index in [0.29, 0.717) is 6.54 Å². The molecule has 0 bridgehead atoms. The average Bonchev–Trinajstić information content (AvgIpc) is 2.42. The van der Waals surface area contributed by atoms with Crippen LogP contribution in [0.3, 0.4) is 0 Å². The molecule has 5 heteroatoms. The Morgan fingerprint density at radius 2 is 1.90 bits per heavy atom. The van der Waals surface area contributed by atoms with Gasteiger partial charge in [-0.1, -0.05) is 43.7 Å². The zero-order valence-electron chi connectivity index (χ0n) is 13.3. The lowest BCUT2D eigenvalue weighted by Crippen LogP contribution is -2.45. The van der Waals surface area contributed by atoms with Gasteiger partial charge in [0.2, 0.25) is 5.91 Å². The van der Waals surface area contributed by atoms with E-state index in [1.165, 1.54) is 11.1 Å². The summed E-state index contributed by atoms with van der Waals surface area (Å²) in [5.41, 5.74) is 8.24. The number of amides is 1. The molecule has 0 aromatic heterocycles. The van der Waals surface area contributed by atoms with Gasteiger partial charge in [-0.3, -0.25) is 4.79 Å². The van der Waals surface area contributed by atoms with Gasteiger partial charge in [0, 0.05) is 12.0 Å². The SMILES string of the molecule is CSCC[C@H](N)C(=O)NCC(C)(C)c1ccc(C)cc1.Cl. The van der Waals surface area contributed by atoms with Crippen LogP contribution >= 0.6 is 24.2 Å². The van der Waals surface area contributed by atoms with Gasteiger partial charge >= 0.3 is 0 Å². The monoisotopic (exact) mass is 330 g/mol. The topological polar surface area (TPSA) is 55.1 Å². The van der Waals surface area contributed by atoms with E-state index in [1.54, 1.807) is 11.8 Å². The molecule has 1 amide bonds. The van der Waals surface area contributed by atoms with Crippen LogP contribution in [0.25, 0.3) is 0 Å². The summed E-state index contributed by atoms with van der Waals surface area (Å²) in [5.74, 6) is 0.856. The van der Waals surface area contributed by atoms with E-state index in [1.807, 2.05) is 6.26 Å². The van der Waals surface area contributed by atoms with Gasteiger partial charge in [0.05, 0.1) is 6.04 Å². The molecule has 21 heavy (non-hydrogen) atoms. The summed E-state index contributed by atoms with van der Waals surface area (Å²) in [4.78, 5) is 11.9. The molecule has 0 unspecified atom stereocenters. The van der Waals surface area contributed by atoms with Crippen LogP contribution in [0, 0.1) is 6.92 Å². The second-order valence-electron chi connectivity index (χ2n) is 5.86. The van der Waals surface area contributed by atoms with Crippen LogP contribution in [0.15, 0.2) is 24.3 Å². The molecule has 0 saturated heterocycles. The molecule has 0 aliphatic heterocycles. The second kappa shape index (κ2) is 9.34. The molecule has 120 valence electrons. The fourth-order valence-corrected chi connectivity index (χ4v) is 2.41. The van der Waals surface area contributed by atoms with Gasteiger partial charge < -0.3 is 11.1 Å². The molecular formula is C16H27ClN2OS. The number of carbonyl (C=O) groups excluding carboxylic acids is 1. The van der Waals surface area contributed by atoms with E-state index in [9.17, 15) is 4.79 Å². The number of hydrogen-bond donors (Lipinski definition) is 2. The number of halogens is 1. The van der Waals surface area contributed by atoms with Crippen molar-refractivity contribution in [2.24, 2.45) is 5.73 Å². The maximum Gasteiger partial charge on any atom is 0.236 e. The first-order valence-corrected chi connectivity index (χ1v) is 8.35. The summed E-state index contributed by atoms with van der Waals surface area (Å²) in [6.45, 7) is 6.93. The highest BCUT2D eigenvalue weighted by molar-refractivity contribution is 7.98. The quantitative estimate of drug-likeness (QED) is 0.808. The molecule has 0 heterocycles. The normalized spacial score (nSPS) is 12.4. The molecule has 0 radical (unpaired) electrons. The third-order valence-electron chi connectivity index (χ3n) is 3.51. The number of carbonyl (C=O) groups is 1. The predicted octanol–water partition coefficient (Wildman–Crippen LogP) is 2.89. The first-order valence-electron chi connectivity index (χ1n) is 6.96. The fraction of sp³-hybridized carbons (Fsp3) is 0.562. The van der Waals surface area contributed by atoms with Crippen molar-refractivity contribution >= 4 is 30.1 Å². The van der Waals surface area contributed by atoms with Gasteiger partial charge in [-0.15, -0.1) is 12.4 Å². The van der Waals surface area contributed by atoms with E-state index < -0.39 is 6.04 Å². The summed E-state index contributed by atoms with van der Waals surface area (Å²) in [6.07, 6.45) is 2.74. The first kappa shape index (κ1) is 20.3. The van der Waals surface area contributed by atoms with Crippen LogP contribution in [0.1, 0.15) is 31.4 Å². The van der Waals surface area contributed by atoms with Crippen LogP contribution in [-0.4, -0.2) is 30.5 Å². The molecule has 0 fully saturated rings. The van der Waals surface area contributed by atoms with Crippen molar-refractivity contribution in [3.8, 4) is 0 Å². The highest BCUT2D eigenvalue weighted by atomic mass is 35.5. The number of nitrogens with one attached hydrogen (secondary N) is 1. The van der Waals surface area contributed by atoms with Crippen LogP contribution < -0.4 is 11.1 Å². The van der Waals surface area contributed by atoms with E-state index in [-0.39, 0.29) is 23.7 Å². The summed E-state index contributed by atoms with van der Waals surface area (Å²) in [5, 5.41) is 2.97. The largest absolute Gasteiger partial charge is 0.354 e. The molecular weight excluding hydrogens is 304 g/mol. The van der Waals surface area contributed by atoms with Gasteiger partial charge in [-0.2, -0.15) is 11.8 Å². The number of thioether (sulfide) groups is 1. The van der Waals surface area contributed by atoms with Crippen LogP contribution in [0.2, 0.25) is 0 Å². The molecule has 0 saturated carbocycles. The summed E-state index contributed by atoms with van der Waals surface area (Å²) >= 11 is 1.71. The smallest absolute Gasteiger partial charge is 0.236 e. The highest BCUT2D eigenvalue weighted by Crippen LogP contribution is 2.22. The van der Waals surface area contributed by atoms with Gasteiger partial charge in [0.15, 0.2) is 0 Å². The number of hydrogen-bond acceptors (Lipinski definition) is 3. The number of rotatable bonds is 7. The lowest BCUT2D eigenvalue weighted by Gasteiger charge is -2.26. The molecule has 3 nitrogen and oxygen atoms in total. The fourth-order valence-electron chi connectivity index (χ4n) is 1.92. The minimum atomic E-state index is -0.406. The average molecular weight is 331 g/mol. The van der Waals surface area contributed by atoms with Crippen molar-refractivity contribution < 1.29 is 4.79 Å². The Kier molecular flexibility index (Phi) is 9.02.